The van der Waals surface area contributed by atoms with E-state index in [4.69, 9.17) is 0 Å². The van der Waals surface area contributed by atoms with E-state index >= 15 is 0 Å². The Morgan fingerprint density at radius 3 is 2.24 bits per heavy atom. The third-order valence-corrected chi connectivity index (χ3v) is 7.69. The molecule has 4 rings (SSSR count). The van der Waals surface area contributed by atoms with Gasteiger partial charge in [0.1, 0.15) is 0 Å². The first-order chi connectivity index (χ1) is 20.1. The Bertz CT molecular complexity index is 1350. The number of piperidine rings is 1. The zero-order chi connectivity index (χ0) is 30.1. The molecular weight excluding hydrogens is 539 g/mol. The van der Waals surface area contributed by atoms with Gasteiger partial charge in [-0.1, -0.05) is 85.3 Å². The minimum Gasteiger partial charge on any atom is -0.342 e. The van der Waals surface area contributed by atoms with Crippen LogP contribution in [-0.2, 0) is 11.0 Å². The summed E-state index contributed by atoms with van der Waals surface area (Å²) in [6, 6.07) is 23.8. The molecule has 0 spiro atoms. The van der Waals surface area contributed by atoms with E-state index in [2.05, 4.69) is 5.32 Å². The number of carbonyl (C=O) groups excluding carboxylic acids is 2. The van der Waals surface area contributed by atoms with Crippen molar-refractivity contribution in [1.82, 2.24) is 9.80 Å². The molecule has 0 radical (unpaired) electrons. The van der Waals surface area contributed by atoms with Crippen molar-refractivity contribution in [2.24, 2.45) is 5.92 Å². The number of carbonyl (C=O) groups is 2. The summed E-state index contributed by atoms with van der Waals surface area (Å²) in [6.07, 6.45) is -0.296. The molecule has 3 amide bonds. The Morgan fingerprint density at radius 1 is 0.976 bits per heavy atom. The molecule has 1 fully saturated rings. The topological polar surface area (TPSA) is 52.7 Å². The Morgan fingerprint density at radius 2 is 1.62 bits per heavy atom. The van der Waals surface area contributed by atoms with Gasteiger partial charge in [-0.3, -0.25) is 4.79 Å². The molecule has 1 saturated heterocycles. The number of rotatable bonds is 9. The van der Waals surface area contributed by atoms with Gasteiger partial charge in [-0.15, -0.1) is 0 Å². The predicted molar refractivity (Wildman–Crippen MR) is 161 cm³/mol. The van der Waals surface area contributed by atoms with Gasteiger partial charge < -0.3 is 15.1 Å². The zero-order valence-electron chi connectivity index (χ0n) is 24.1. The molecule has 3 aromatic rings. The number of urea groups is 1. The average Bonchev–Trinajstić information content (AvgIpc) is 2.98. The number of halogens is 3. The van der Waals surface area contributed by atoms with E-state index in [0.29, 0.717) is 26.2 Å². The molecule has 0 aliphatic carbocycles. The molecule has 42 heavy (non-hydrogen) atoms. The van der Waals surface area contributed by atoms with Crippen LogP contribution in [-0.4, -0.2) is 47.9 Å². The highest BCUT2D eigenvalue weighted by molar-refractivity contribution is 5.89. The maximum absolute atomic E-state index is 13.4. The standard InChI is InChI=1S/C34H38F3N3O2/c1-3-31(28-13-8-5-9-14-28)32(41)39-19-17-27(18-20-39)24-40(23-25(2)21-26-11-6-4-7-12-26)33(42)38-30-16-10-15-29(22-30)34(35,36)37/h4-16,21-22,27,31H,3,17-20,23-24H2,1-2H3,(H,38,42). The summed E-state index contributed by atoms with van der Waals surface area (Å²) in [7, 11) is 0. The molecule has 8 heteroatoms. The van der Waals surface area contributed by atoms with E-state index in [-0.39, 0.29) is 23.4 Å². The van der Waals surface area contributed by atoms with Crippen LogP contribution in [0.4, 0.5) is 23.7 Å². The first-order valence-corrected chi connectivity index (χ1v) is 14.4. The second-order valence-electron chi connectivity index (χ2n) is 10.9. The van der Waals surface area contributed by atoms with Crippen molar-refractivity contribution < 1.29 is 22.8 Å². The van der Waals surface area contributed by atoms with Gasteiger partial charge in [0, 0.05) is 31.9 Å². The number of nitrogens with zero attached hydrogens (tertiary/aromatic N) is 2. The van der Waals surface area contributed by atoms with Crippen molar-refractivity contribution in [3.8, 4) is 0 Å². The molecule has 1 heterocycles. The normalized spacial score (nSPS) is 15.3. The van der Waals surface area contributed by atoms with Crippen LogP contribution in [0.5, 0.6) is 0 Å². The summed E-state index contributed by atoms with van der Waals surface area (Å²) < 4.78 is 39.8. The van der Waals surface area contributed by atoms with Gasteiger partial charge in [-0.05, 0) is 61.4 Å². The first kappa shape index (κ1) is 30.9. The third-order valence-electron chi connectivity index (χ3n) is 7.69. The number of amides is 3. The van der Waals surface area contributed by atoms with Crippen LogP contribution in [0.15, 0.2) is 90.5 Å². The van der Waals surface area contributed by atoms with E-state index in [1.165, 1.54) is 12.1 Å². The fourth-order valence-electron chi connectivity index (χ4n) is 5.48. The average molecular weight is 578 g/mol. The second kappa shape index (κ2) is 14.2. The van der Waals surface area contributed by atoms with E-state index in [1.54, 1.807) is 4.90 Å². The molecule has 3 aromatic carbocycles. The Kier molecular flexibility index (Phi) is 10.4. The van der Waals surface area contributed by atoms with E-state index in [1.807, 2.05) is 85.5 Å². The van der Waals surface area contributed by atoms with Crippen molar-refractivity contribution in [2.75, 3.05) is 31.5 Å². The lowest BCUT2D eigenvalue weighted by Crippen LogP contribution is -2.45. The lowest BCUT2D eigenvalue weighted by Gasteiger charge is -2.36. The number of hydrogen-bond acceptors (Lipinski definition) is 2. The number of likely N-dealkylation sites (tertiary alicyclic amines) is 1. The van der Waals surface area contributed by atoms with Crippen LogP contribution in [0.25, 0.3) is 6.08 Å². The quantitative estimate of drug-likeness (QED) is 0.280. The van der Waals surface area contributed by atoms with Gasteiger partial charge in [0.2, 0.25) is 5.91 Å². The highest BCUT2D eigenvalue weighted by Gasteiger charge is 2.32. The van der Waals surface area contributed by atoms with Crippen LogP contribution < -0.4 is 5.32 Å². The maximum atomic E-state index is 13.4. The zero-order valence-corrected chi connectivity index (χ0v) is 24.1. The van der Waals surface area contributed by atoms with Crippen LogP contribution in [0.1, 0.15) is 55.7 Å². The number of benzene rings is 3. The van der Waals surface area contributed by atoms with Gasteiger partial charge in [-0.25, -0.2) is 4.79 Å². The van der Waals surface area contributed by atoms with Crippen LogP contribution in [0, 0.1) is 5.92 Å². The van der Waals surface area contributed by atoms with Crippen molar-refractivity contribution >= 4 is 23.7 Å². The molecule has 1 atom stereocenters. The van der Waals surface area contributed by atoms with Gasteiger partial charge in [0.25, 0.3) is 0 Å². The second-order valence-corrected chi connectivity index (χ2v) is 10.9. The predicted octanol–water partition coefficient (Wildman–Crippen LogP) is 8.08. The summed E-state index contributed by atoms with van der Waals surface area (Å²) >= 11 is 0. The minimum atomic E-state index is -4.50. The fraction of sp³-hybridized carbons (Fsp3) is 0.353. The monoisotopic (exact) mass is 577 g/mol. The molecule has 0 bridgehead atoms. The Hall–Kier alpha value is -4.07. The third kappa shape index (κ3) is 8.47. The molecule has 222 valence electrons. The molecule has 5 nitrogen and oxygen atoms in total. The lowest BCUT2D eigenvalue weighted by molar-refractivity contribution is -0.137. The number of hydrogen-bond donors (Lipinski definition) is 1. The SMILES string of the molecule is CCC(C(=O)N1CCC(CN(CC(C)=Cc2ccccc2)C(=O)Nc2cccc(C(F)(F)F)c2)CC1)c1ccccc1. The van der Waals surface area contributed by atoms with Crippen molar-refractivity contribution in [3.05, 3.63) is 107 Å². The fourth-order valence-corrected chi connectivity index (χ4v) is 5.48. The van der Waals surface area contributed by atoms with Gasteiger partial charge in [0.15, 0.2) is 0 Å². The van der Waals surface area contributed by atoms with Crippen molar-refractivity contribution in [1.29, 1.82) is 0 Å². The smallest absolute Gasteiger partial charge is 0.342 e. The number of anilines is 1. The first-order valence-electron chi connectivity index (χ1n) is 14.4. The molecule has 0 aromatic heterocycles. The highest BCUT2D eigenvalue weighted by atomic mass is 19.4. The minimum absolute atomic E-state index is 0.0939. The largest absolute Gasteiger partial charge is 0.416 e. The molecule has 1 aliphatic rings. The molecule has 1 unspecified atom stereocenters. The highest BCUT2D eigenvalue weighted by Crippen LogP contribution is 2.31. The Balaban J connectivity index is 1.44. The Labute approximate surface area is 246 Å². The summed E-state index contributed by atoms with van der Waals surface area (Å²) in [5.41, 5.74) is 2.25. The van der Waals surface area contributed by atoms with Gasteiger partial charge in [-0.2, -0.15) is 13.2 Å². The summed E-state index contributed by atoms with van der Waals surface area (Å²) in [5.74, 6) is 0.105. The van der Waals surface area contributed by atoms with Crippen molar-refractivity contribution in [2.45, 2.75) is 45.2 Å². The summed E-state index contributed by atoms with van der Waals surface area (Å²) in [5, 5.41) is 2.68. The van der Waals surface area contributed by atoms with Crippen LogP contribution in [0.3, 0.4) is 0 Å². The molecule has 1 N–H and O–H groups in total. The summed E-state index contributed by atoms with van der Waals surface area (Å²) in [6.45, 7) is 5.93. The number of alkyl halides is 3. The molecular formula is C34H38F3N3O2. The van der Waals surface area contributed by atoms with Crippen LogP contribution in [0.2, 0.25) is 0 Å². The van der Waals surface area contributed by atoms with E-state index in [0.717, 1.165) is 48.1 Å². The molecule has 0 saturated carbocycles. The van der Waals surface area contributed by atoms with E-state index < -0.39 is 17.8 Å². The molecule has 1 aliphatic heterocycles. The number of nitrogens with one attached hydrogen (secondary N) is 1. The van der Waals surface area contributed by atoms with Crippen molar-refractivity contribution in [3.63, 3.8) is 0 Å². The van der Waals surface area contributed by atoms with Crippen LogP contribution >= 0.6 is 0 Å². The summed E-state index contributed by atoms with van der Waals surface area (Å²) in [4.78, 5) is 30.4. The van der Waals surface area contributed by atoms with E-state index in [9.17, 15) is 22.8 Å². The maximum Gasteiger partial charge on any atom is 0.416 e. The lowest BCUT2D eigenvalue weighted by atomic mass is 9.91. The van der Waals surface area contributed by atoms with Gasteiger partial charge in [0.05, 0.1) is 11.5 Å². The van der Waals surface area contributed by atoms with Gasteiger partial charge >= 0.3 is 12.2 Å².